The number of amides is 1. The van der Waals surface area contributed by atoms with Crippen LogP contribution in [0.4, 0.5) is 5.69 Å². The molecule has 0 aliphatic carbocycles. The Hall–Kier alpha value is -2.32. The van der Waals surface area contributed by atoms with Crippen LogP contribution in [-0.2, 0) is 10.0 Å². The number of nitrogens with one attached hydrogen (secondary N) is 1. The Morgan fingerprint density at radius 3 is 2.41 bits per heavy atom. The van der Waals surface area contributed by atoms with Gasteiger partial charge in [-0.1, -0.05) is 6.42 Å². The third-order valence-corrected chi connectivity index (χ3v) is 7.14. The first-order valence-corrected chi connectivity index (χ1v) is 11.3. The lowest BCUT2D eigenvalue weighted by Crippen LogP contribution is -2.35. The molecule has 1 aliphatic heterocycles. The number of carbonyl (C=O) groups is 1. The number of carbonyl (C=O) groups excluding carboxylic acids is 1. The van der Waals surface area contributed by atoms with Gasteiger partial charge < -0.3 is 14.5 Å². The summed E-state index contributed by atoms with van der Waals surface area (Å²) in [7, 11) is -3.71. The normalized spacial score (nSPS) is 15.3. The van der Waals surface area contributed by atoms with Gasteiger partial charge in [0.05, 0.1) is 12.2 Å². The average Bonchev–Trinajstić information content (AvgIpc) is 2.95. The average molecular weight is 421 g/mol. The standard InChI is InChI=1S/C21H28N2O5S/c1-5-27-18-10-9-17(22-21(24)20-14(2)15(3)28-16(20)4)13-19(18)29(25,26)23-11-7-6-8-12-23/h9-10,13H,5-8,11-12H2,1-4H3,(H,22,24). The van der Waals surface area contributed by atoms with Gasteiger partial charge in [-0.05, 0) is 58.7 Å². The first-order valence-electron chi connectivity index (χ1n) is 9.90. The minimum Gasteiger partial charge on any atom is -0.492 e. The third kappa shape index (κ3) is 4.33. The molecule has 158 valence electrons. The number of nitrogens with zero attached hydrogens (tertiary/aromatic N) is 1. The fourth-order valence-electron chi connectivity index (χ4n) is 3.63. The molecule has 0 saturated carbocycles. The second kappa shape index (κ2) is 8.59. The summed E-state index contributed by atoms with van der Waals surface area (Å²) in [6.45, 7) is 8.51. The smallest absolute Gasteiger partial charge is 0.259 e. The largest absolute Gasteiger partial charge is 0.492 e. The zero-order valence-electron chi connectivity index (χ0n) is 17.4. The molecule has 2 heterocycles. The summed E-state index contributed by atoms with van der Waals surface area (Å²) in [6, 6.07) is 4.72. The minimum absolute atomic E-state index is 0.0795. The van der Waals surface area contributed by atoms with Gasteiger partial charge in [0.15, 0.2) is 0 Å². The van der Waals surface area contributed by atoms with Crippen LogP contribution in [-0.4, -0.2) is 38.3 Å². The molecule has 1 aromatic carbocycles. The Morgan fingerprint density at radius 1 is 1.14 bits per heavy atom. The van der Waals surface area contributed by atoms with Crippen molar-refractivity contribution in [3.8, 4) is 5.75 Å². The van der Waals surface area contributed by atoms with Crippen LogP contribution in [0, 0.1) is 20.8 Å². The molecule has 2 aromatic rings. The quantitative estimate of drug-likeness (QED) is 0.762. The molecule has 1 fully saturated rings. The predicted molar refractivity (Wildman–Crippen MR) is 111 cm³/mol. The van der Waals surface area contributed by atoms with Crippen molar-refractivity contribution in [2.75, 3.05) is 25.0 Å². The molecule has 0 bridgehead atoms. The Labute approximate surface area is 172 Å². The van der Waals surface area contributed by atoms with E-state index in [-0.39, 0.29) is 10.8 Å². The van der Waals surface area contributed by atoms with E-state index in [4.69, 9.17) is 9.15 Å². The number of ether oxygens (including phenoxy) is 1. The molecule has 7 nitrogen and oxygen atoms in total. The van der Waals surface area contributed by atoms with Crippen LogP contribution in [0.1, 0.15) is 53.6 Å². The van der Waals surface area contributed by atoms with Crippen LogP contribution < -0.4 is 10.1 Å². The summed E-state index contributed by atoms with van der Waals surface area (Å²) in [5.41, 5.74) is 1.63. The Morgan fingerprint density at radius 2 is 1.83 bits per heavy atom. The van der Waals surface area contributed by atoms with Crippen LogP contribution in [0.25, 0.3) is 0 Å². The van der Waals surface area contributed by atoms with Gasteiger partial charge in [-0.25, -0.2) is 8.42 Å². The fraction of sp³-hybridized carbons (Fsp3) is 0.476. The molecule has 1 aromatic heterocycles. The first-order chi connectivity index (χ1) is 13.8. The Balaban J connectivity index is 1.95. The number of hydrogen-bond acceptors (Lipinski definition) is 5. The number of hydrogen-bond donors (Lipinski definition) is 1. The summed E-state index contributed by atoms with van der Waals surface area (Å²) in [6.07, 6.45) is 2.72. The van der Waals surface area contributed by atoms with Crippen molar-refractivity contribution in [1.29, 1.82) is 0 Å². The highest BCUT2D eigenvalue weighted by atomic mass is 32.2. The van der Waals surface area contributed by atoms with Crippen molar-refractivity contribution in [3.63, 3.8) is 0 Å². The molecule has 3 rings (SSSR count). The van der Waals surface area contributed by atoms with Gasteiger partial charge in [-0.2, -0.15) is 4.31 Å². The number of aryl methyl sites for hydroxylation is 2. The van der Waals surface area contributed by atoms with E-state index in [2.05, 4.69) is 5.32 Å². The predicted octanol–water partition coefficient (Wildman–Crippen LogP) is 4.03. The molecule has 0 unspecified atom stereocenters. The topological polar surface area (TPSA) is 88.8 Å². The summed E-state index contributed by atoms with van der Waals surface area (Å²) in [4.78, 5) is 12.9. The van der Waals surface area contributed by atoms with E-state index in [1.165, 1.54) is 10.4 Å². The number of benzene rings is 1. The van der Waals surface area contributed by atoms with Gasteiger partial charge in [-0.15, -0.1) is 0 Å². The van der Waals surface area contributed by atoms with Gasteiger partial charge >= 0.3 is 0 Å². The van der Waals surface area contributed by atoms with Crippen LogP contribution in [0.15, 0.2) is 27.5 Å². The summed E-state index contributed by atoms with van der Waals surface area (Å²) in [5.74, 6) is 1.18. The monoisotopic (exact) mass is 420 g/mol. The van der Waals surface area contributed by atoms with Crippen molar-refractivity contribution in [3.05, 3.63) is 40.8 Å². The fourth-order valence-corrected chi connectivity index (χ4v) is 5.30. The number of piperidine rings is 1. The molecule has 0 atom stereocenters. The molecule has 1 aliphatic rings. The second-order valence-corrected chi connectivity index (χ2v) is 9.13. The maximum atomic E-state index is 13.2. The van der Waals surface area contributed by atoms with Gasteiger partial charge in [0.1, 0.15) is 22.2 Å². The van der Waals surface area contributed by atoms with Crippen molar-refractivity contribution in [2.45, 2.75) is 51.9 Å². The highest BCUT2D eigenvalue weighted by Gasteiger charge is 2.29. The highest BCUT2D eigenvalue weighted by molar-refractivity contribution is 7.89. The SMILES string of the molecule is CCOc1ccc(NC(=O)c2c(C)oc(C)c2C)cc1S(=O)(=O)N1CCCCC1. The van der Waals surface area contributed by atoms with E-state index in [1.54, 1.807) is 32.9 Å². The van der Waals surface area contributed by atoms with Crippen molar-refractivity contribution in [1.82, 2.24) is 4.31 Å². The molecule has 1 saturated heterocycles. The minimum atomic E-state index is -3.71. The zero-order valence-corrected chi connectivity index (χ0v) is 18.2. The molecule has 1 amide bonds. The summed E-state index contributed by atoms with van der Waals surface area (Å²) < 4.78 is 39.0. The Kier molecular flexibility index (Phi) is 6.33. The van der Waals surface area contributed by atoms with E-state index in [0.717, 1.165) is 24.8 Å². The zero-order chi connectivity index (χ0) is 21.2. The van der Waals surface area contributed by atoms with Crippen molar-refractivity contribution in [2.24, 2.45) is 0 Å². The van der Waals surface area contributed by atoms with Gasteiger partial charge in [0, 0.05) is 24.3 Å². The molecule has 0 radical (unpaired) electrons. The van der Waals surface area contributed by atoms with Crippen molar-refractivity contribution >= 4 is 21.6 Å². The van der Waals surface area contributed by atoms with E-state index < -0.39 is 10.0 Å². The van der Waals surface area contributed by atoms with E-state index in [9.17, 15) is 13.2 Å². The molecule has 29 heavy (non-hydrogen) atoms. The van der Waals surface area contributed by atoms with Crippen LogP contribution in [0.3, 0.4) is 0 Å². The van der Waals surface area contributed by atoms with E-state index in [0.29, 0.717) is 48.2 Å². The molecular formula is C21H28N2O5S. The molecule has 8 heteroatoms. The molecular weight excluding hydrogens is 392 g/mol. The van der Waals surface area contributed by atoms with Crippen LogP contribution in [0.2, 0.25) is 0 Å². The van der Waals surface area contributed by atoms with E-state index in [1.807, 2.05) is 6.92 Å². The lowest BCUT2D eigenvalue weighted by atomic mass is 10.1. The molecule has 0 spiro atoms. The van der Waals surface area contributed by atoms with Gasteiger partial charge in [0.25, 0.3) is 5.91 Å². The van der Waals surface area contributed by atoms with Crippen molar-refractivity contribution < 1.29 is 22.4 Å². The lowest BCUT2D eigenvalue weighted by molar-refractivity contribution is 0.102. The first kappa shape index (κ1) is 21.4. The lowest BCUT2D eigenvalue weighted by Gasteiger charge is -2.27. The highest BCUT2D eigenvalue weighted by Crippen LogP contribution is 2.32. The maximum absolute atomic E-state index is 13.2. The van der Waals surface area contributed by atoms with Gasteiger partial charge in [-0.3, -0.25) is 4.79 Å². The number of furan rings is 1. The number of sulfonamides is 1. The van der Waals surface area contributed by atoms with Crippen LogP contribution >= 0.6 is 0 Å². The van der Waals surface area contributed by atoms with Crippen LogP contribution in [0.5, 0.6) is 5.75 Å². The summed E-state index contributed by atoms with van der Waals surface area (Å²) >= 11 is 0. The third-order valence-electron chi connectivity index (χ3n) is 5.22. The number of rotatable bonds is 6. The van der Waals surface area contributed by atoms with E-state index >= 15 is 0 Å². The Bertz CT molecular complexity index is 1000. The molecule has 1 N–H and O–H groups in total. The maximum Gasteiger partial charge on any atom is 0.259 e. The summed E-state index contributed by atoms with van der Waals surface area (Å²) in [5, 5.41) is 2.80. The second-order valence-electron chi connectivity index (χ2n) is 7.23. The van der Waals surface area contributed by atoms with Gasteiger partial charge in [0.2, 0.25) is 10.0 Å². The number of anilines is 1.